The van der Waals surface area contributed by atoms with Crippen LogP contribution < -0.4 is 0 Å². The average Bonchev–Trinajstić information content (AvgIpc) is 2.59. The molecule has 128 valence electrons. The third kappa shape index (κ3) is 4.75. The number of nitrogens with zero attached hydrogens (tertiary/aromatic N) is 3. The van der Waals surface area contributed by atoms with Gasteiger partial charge in [0.25, 0.3) is 5.91 Å². The molecule has 5 heteroatoms. The fourth-order valence-electron chi connectivity index (χ4n) is 2.73. The van der Waals surface area contributed by atoms with Crippen LogP contribution in [0.4, 0.5) is 0 Å². The summed E-state index contributed by atoms with van der Waals surface area (Å²) in [5.41, 5.74) is 2.69. The van der Waals surface area contributed by atoms with Crippen LogP contribution in [0.25, 0.3) is 0 Å². The van der Waals surface area contributed by atoms with Gasteiger partial charge >= 0.3 is 0 Å². The van der Waals surface area contributed by atoms with Crippen LogP contribution in [0.5, 0.6) is 0 Å². The summed E-state index contributed by atoms with van der Waals surface area (Å²) in [4.78, 5) is 21.5. The Labute approximate surface area is 139 Å². The lowest BCUT2D eigenvalue weighted by atomic mass is 10.0. The summed E-state index contributed by atoms with van der Waals surface area (Å²) in [6, 6.07) is 3.92. The molecular formula is C18H29N3O2. The number of aromatic nitrogens is 1. The van der Waals surface area contributed by atoms with E-state index in [4.69, 9.17) is 4.74 Å². The second-order valence-corrected chi connectivity index (χ2v) is 6.42. The zero-order valence-corrected chi connectivity index (χ0v) is 14.8. The van der Waals surface area contributed by atoms with Gasteiger partial charge in [0.1, 0.15) is 0 Å². The van der Waals surface area contributed by atoms with Gasteiger partial charge < -0.3 is 9.64 Å². The zero-order valence-electron chi connectivity index (χ0n) is 14.8. The lowest BCUT2D eigenvalue weighted by Gasteiger charge is -2.28. The maximum atomic E-state index is 12.7. The van der Waals surface area contributed by atoms with Gasteiger partial charge in [0, 0.05) is 38.9 Å². The quantitative estimate of drug-likeness (QED) is 0.806. The minimum Gasteiger partial charge on any atom is -0.379 e. The predicted octanol–water partition coefficient (Wildman–Crippen LogP) is 2.17. The molecule has 2 rings (SSSR count). The van der Waals surface area contributed by atoms with Crippen molar-refractivity contribution in [2.75, 3.05) is 46.4 Å². The molecule has 0 atom stereocenters. The van der Waals surface area contributed by atoms with Crippen molar-refractivity contribution < 1.29 is 9.53 Å². The number of morpholine rings is 1. The Hall–Kier alpha value is -1.46. The molecule has 5 nitrogen and oxygen atoms in total. The van der Waals surface area contributed by atoms with E-state index in [0.29, 0.717) is 5.92 Å². The first-order valence-corrected chi connectivity index (χ1v) is 8.58. The predicted molar refractivity (Wildman–Crippen MR) is 91.9 cm³/mol. The largest absolute Gasteiger partial charge is 0.379 e. The van der Waals surface area contributed by atoms with Gasteiger partial charge in [0.2, 0.25) is 0 Å². The van der Waals surface area contributed by atoms with Gasteiger partial charge in [-0.15, -0.1) is 0 Å². The first kappa shape index (κ1) is 17.9. The van der Waals surface area contributed by atoms with Gasteiger partial charge in [-0.05, 0) is 24.5 Å². The molecule has 0 N–H and O–H groups in total. The Morgan fingerprint density at radius 3 is 2.65 bits per heavy atom. The highest BCUT2D eigenvalue weighted by Crippen LogP contribution is 2.17. The highest BCUT2D eigenvalue weighted by atomic mass is 16.5. The van der Waals surface area contributed by atoms with E-state index in [1.807, 2.05) is 19.2 Å². The molecule has 0 aromatic carbocycles. The number of carbonyl (C=O) groups excluding carboxylic acids is 1. The van der Waals surface area contributed by atoms with Gasteiger partial charge in [0.05, 0.1) is 24.5 Å². The number of likely N-dealkylation sites (N-methyl/N-ethyl adjacent to an activating group) is 1. The van der Waals surface area contributed by atoms with Crippen molar-refractivity contribution in [1.29, 1.82) is 0 Å². The highest BCUT2D eigenvalue weighted by molar-refractivity contribution is 5.95. The molecule has 0 unspecified atom stereocenters. The minimum atomic E-state index is 0.0675. The Morgan fingerprint density at radius 2 is 2.04 bits per heavy atom. The van der Waals surface area contributed by atoms with Gasteiger partial charge in [-0.1, -0.05) is 20.8 Å². The van der Waals surface area contributed by atoms with Crippen molar-refractivity contribution in [3.05, 3.63) is 29.1 Å². The smallest absolute Gasteiger partial charge is 0.255 e. The maximum Gasteiger partial charge on any atom is 0.255 e. The van der Waals surface area contributed by atoms with E-state index in [-0.39, 0.29) is 5.91 Å². The molecule has 1 aromatic rings. The number of hydrogen-bond acceptors (Lipinski definition) is 4. The standard InChI is InChI=1S/C18H29N3O2/c1-5-16-15(6-7-17(19-16)14(2)3)18(22)20(4)8-9-21-10-12-23-13-11-21/h6-7,14H,5,8-13H2,1-4H3. The van der Waals surface area contributed by atoms with Crippen LogP contribution in [0.1, 0.15) is 48.4 Å². The summed E-state index contributed by atoms with van der Waals surface area (Å²) in [6.45, 7) is 11.4. The van der Waals surface area contributed by atoms with E-state index < -0.39 is 0 Å². The Morgan fingerprint density at radius 1 is 1.35 bits per heavy atom. The van der Waals surface area contributed by atoms with Gasteiger partial charge in [0.15, 0.2) is 0 Å². The molecule has 0 spiro atoms. The molecule has 0 bridgehead atoms. The van der Waals surface area contributed by atoms with Crippen molar-refractivity contribution >= 4 is 5.91 Å². The average molecular weight is 319 g/mol. The maximum absolute atomic E-state index is 12.7. The topological polar surface area (TPSA) is 45.7 Å². The van der Waals surface area contributed by atoms with Crippen LogP contribution in [0, 0.1) is 0 Å². The van der Waals surface area contributed by atoms with E-state index in [1.165, 1.54) is 0 Å². The van der Waals surface area contributed by atoms with Crippen LogP contribution in [-0.4, -0.2) is 67.1 Å². The molecule has 1 fully saturated rings. The molecule has 2 heterocycles. The highest BCUT2D eigenvalue weighted by Gasteiger charge is 2.18. The second-order valence-electron chi connectivity index (χ2n) is 6.42. The van der Waals surface area contributed by atoms with Crippen LogP contribution in [0.15, 0.2) is 12.1 Å². The van der Waals surface area contributed by atoms with Crippen LogP contribution in [-0.2, 0) is 11.2 Å². The van der Waals surface area contributed by atoms with E-state index in [2.05, 4.69) is 30.7 Å². The summed E-state index contributed by atoms with van der Waals surface area (Å²) < 4.78 is 5.35. The molecule has 0 radical (unpaired) electrons. The number of pyridine rings is 1. The van der Waals surface area contributed by atoms with E-state index in [0.717, 1.165) is 62.8 Å². The van der Waals surface area contributed by atoms with Crippen LogP contribution in [0.2, 0.25) is 0 Å². The number of aryl methyl sites for hydroxylation is 1. The van der Waals surface area contributed by atoms with E-state index >= 15 is 0 Å². The lowest BCUT2D eigenvalue weighted by molar-refractivity contribution is 0.0338. The SMILES string of the molecule is CCc1nc(C(C)C)ccc1C(=O)N(C)CCN1CCOCC1. The zero-order chi connectivity index (χ0) is 16.8. The third-order valence-corrected chi connectivity index (χ3v) is 4.35. The first-order valence-electron chi connectivity index (χ1n) is 8.58. The Balaban J connectivity index is 2.00. The van der Waals surface area contributed by atoms with Crippen molar-refractivity contribution in [1.82, 2.24) is 14.8 Å². The van der Waals surface area contributed by atoms with Crippen LogP contribution in [0.3, 0.4) is 0 Å². The molecular weight excluding hydrogens is 290 g/mol. The number of hydrogen-bond donors (Lipinski definition) is 0. The van der Waals surface area contributed by atoms with E-state index in [9.17, 15) is 4.79 Å². The number of ether oxygens (including phenoxy) is 1. The fraction of sp³-hybridized carbons (Fsp3) is 0.667. The monoisotopic (exact) mass is 319 g/mol. The Bertz CT molecular complexity index is 525. The first-order chi connectivity index (χ1) is 11.0. The summed E-state index contributed by atoms with van der Waals surface area (Å²) in [6.07, 6.45) is 0.777. The molecule has 0 aliphatic carbocycles. The molecule has 0 saturated carbocycles. The number of amides is 1. The van der Waals surface area contributed by atoms with E-state index in [1.54, 1.807) is 4.90 Å². The minimum absolute atomic E-state index is 0.0675. The summed E-state index contributed by atoms with van der Waals surface area (Å²) >= 11 is 0. The lowest BCUT2D eigenvalue weighted by Crippen LogP contribution is -2.42. The molecule has 23 heavy (non-hydrogen) atoms. The summed E-state index contributed by atoms with van der Waals surface area (Å²) in [5.74, 6) is 0.446. The van der Waals surface area contributed by atoms with Crippen molar-refractivity contribution in [2.24, 2.45) is 0 Å². The molecule has 1 amide bonds. The molecule has 1 aliphatic rings. The molecule has 1 aliphatic heterocycles. The van der Waals surface area contributed by atoms with Crippen molar-refractivity contribution in [2.45, 2.75) is 33.1 Å². The number of carbonyl (C=O) groups is 1. The number of rotatable bonds is 6. The van der Waals surface area contributed by atoms with Gasteiger partial charge in [-0.25, -0.2) is 0 Å². The Kier molecular flexibility index (Phi) is 6.54. The van der Waals surface area contributed by atoms with Gasteiger partial charge in [-0.3, -0.25) is 14.7 Å². The normalized spacial score (nSPS) is 15.9. The van der Waals surface area contributed by atoms with Gasteiger partial charge in [-0.2, -0.15) is 0 Å². The van der Waals surface area contributed by atoms with Crippen molar-refractivity contribution in [3.8, 4) is 0 Å². The third-order valence-electron chi connectivity index (χ3n) is 4.35. The molecule has 1 aromatic heterocycles. The van der Waals surface area contributed by atoms with Crippen molar-refractivity contribution in [3.63, 3.8) is 0 Å². The summed E-state index contributed by atoms with van der Waals surface area (Å²) in [5, 5.41) is 0. The molecule has 1 saturated heterocycles. The summed E-state index contributed by atoms with van der Waals surface area (Å²) in [7, 11) is 1.87. The van der Waals surface area contributed by atoms with Crippen LogP contribution >= 0.6 is 0 Å². The second kappa shape index (κ2) is 8.41. The fourth-order valence-corrected chi connectivity index (χ4v) is 2.73.